The Hall–Kier alpha value is -1.32. The molecule has 0 bridgehead atoms. The Kier molecular flexibility index (Phi) is 3.58. The number of pyridine rings is 1. The third kappa shape index (κ3) is 2.67. The van der Waals surface area contributed by atoms with Crippen LogP contribution in [0.3, 0.4) is 0 Å². The van der Waals surface area contributed by atoms with Gasteiger partial charge in [-0.05, 0) is 43.5 Å². The molecule has 3 rings (SSSR count). The molecule has 0 amide bonds. The van der Waals surface area contributed by atoms with Crippen LogP contribution >= 0.6 is 11.6 Å². The number of hydrogen-bond acceptors (Lipinski definition) is 3. The number of anilines is 1. The van der Waals surface area contributed by atoms with Gasteiger partial charge in [-0.2, -0.15) is 0 Å². The van der Waals surface area contributed by atoms with Crippen LogP contribution in [-0.4, -0.2) is 24.2 Å². The third-order valence-electron chi connectivity index (χ3n) is 3.78. The lowest BCUT2D eigenvalue weighted by molar-refractivity contribution is 0.108. The number of aromatic nitrogens is 1. The molecule has 2 unspecified atom stereocenters. The van der Waals surface area contributed by atoms with Crippen LogP contribution < -0.4 is 5.32 Å². The highest BCUT2D eigenvalue weighted by Crippen LogP contribution is 2.29. The molecule has 0 saturated heterocycles. The molecule has 0 radical (unpaired) electrons. The molecule has 2 aromatic rings. The van der Waals surface area contributed by atoms with Crippen molar-refractivity contribution in [3.63, 3.8) is 0 Å². The van der Waals surface area contributed by atoms with E-state index in [4.69, 9.17) is 16.3 Å². The van der Waals surface area contributed by atoms with Gasteiger partial charge in [-0.3, -0.25) is 4.98 Å². The van der Waals surface area contributed by atoms with E-state index in [1.54, 1.807) is 7.11 Å². The molecule has 19 heavy (non-hydrogen) atoms. The monoisotopic (exact) mass is 276 g/mol. The summed E-state index contributed by atoms with van der Waals surface area (Å²) in [6, 6.07) is 8.27. The van der Waals surface area contributed by atoms with E-state index in [0.717, 1.165) is 40.9 Å². The van der Waals surface area contributed by atoms with Crippen molar-refractivity contribution in [2.75, 3.05) is 12.4 Å². The molecule has 1 aromatic carbocycles. The van der Waals surface area contributed by atoms with E-state index >= 15 is 0 Å². The fourth-order valence-electron chi connectivity index (χ4n) is 2.75. The van der Waals surface area contributed by atoms with E-state index in [1.807, 2.05) is 30.5 Å². The van der Waals surface area contributed by atoms with Gasteiger partial charge in [-0.25, -0.2) is 0 Å². The van der Waals surface area contributed by atoms with E-state index in [2.05, 4.69) is 10.3 Å². The molecule has 100 valence electrons. The van der Waals surface area contributed by atoms with Crippen LogP contribution in [0.4, 0.5) is 5.69 Å². The Bertz CT molecular complexity index is 587. The van der Waals surface area contributed by atoms with Gasteiger partial charge in [0.1, 0.15) is 0 Å². The van der Waals surface area contributed by atoms with Crippen molar-refractivity contribution in [2.24, 2.45) is 0 Å². The van der Waals surface area contributed by atoms with Crippen molar-refractivity contribution in [3.05, 3.63) is 35.5 Å². The number of ether oxygens (including phenoxy) is 1. The highest BCUT2D eigenvalue weighted by atomic mass is 35.5. The van der Waals surface area contributed by atoms with Crippen molar-refractivity contribution >= 4 is 28.2 Å². The number of benzene rings is 1. The van der Waals surface area contributed by atoms with Crippen molar-refractivity contribution in [3.8, 4) is 0 Å². The van der Waals surface area contributed by atoms with Crippen LogP contribution in [-0.2, 0) is 4.74 Å². The van der Waals surface area contributed by atoms with Gasteiger partial charge in [0, 0.05) is 35.4 Å². The Morgan fingerprint density at radius 3 is 3.00 bits per heavy atom. The topological polar surface area (TPSA) is 34.1 Å². The van der Waals surface area contributed by atoms with E-state index < -0.39 is 0 Å². The average molecular weight is 277 g/mol. The first-order valence-electron chi connectivity index (χ1n) is 6.60. The number of hydrogen-bond donors (Lipinski definition) is 1. The molecule has 1 heterocycles. The summed E-state index contributed by atoms with van der Waals surface area (Å²) in [5.41, 5.74) is 2.07. The highest BCUT2D eigenvalue weighted by molar-refractivity contribution is 6.31. The minimum Gasteiger partial charge on any atom is -0.382 e. The summed E-state index contributed by atoms with van der Waals surface area (Å²) in [6.45, 7) is 0. The zero-order chi connectivity index (χ0) is 13.2. The summed E-state index contributed by atoms with van der Waals surface area (Å²) in [5.74, 6) is 0. The SMILES string of the molecule is COC1CCC(Nc2ccnc3ccc(Cl)cc23)C1. The molecule has 1 aromatic heterocycles. The number of fused-ring (bicyclic) bond motifs is 1. The van der Waals surface area contributed by atoms with Crippen molar-refractivity contribution in [1.82, 2.24) is 4.98 Å². The predicted molar refractivity (Wildman–Crippen MR) is 78.8 cm³/mol. The maximum atomic E-state index is 6.08. The van der Waals surface area contributed by atoms with Gasteiger partial charge in [0.15, 0.2) is 0 Å². The summed E-state index contributed by atoms with van der Waals surface area (Å²) in [6.07, 6.45) is 5.54. The molecule has 1 N–H and O–H groups in total. The lowest BCUT2D eigenvalue weighted by Gasteiger charge is -2.16. The zero-order valence-corrected chi connectivity index (χ0v) is 11.7. The van der Waals surface area contributed by atoms with Gasteiger partial charge in [0.2, 0.25) is 0 Å². The quantitative estimate of drug-likeness (QED) is 0.924. The molecule has 0 spiro atoms. The molecule has 1 aliphatic carbocycles. The van der Waals surface area contributed by atoms with E-state index in [1.165, 1.54) is 0 Å². The second-order valence-electron chi connectivity index (χ2n) is 5.03. The number of methoxy groups -OCH3 is 1. The second kappa shape index (κ2) is 5.35. The van der Waals surface area contributed by atoms with Crippen LogP contribution in [0.15, 0.2) is 30.5 Å². The number of rotatable bonds is 3. The molecule has 0 aliphatic heterocycles. The van der Waals surface area contributed by atoms with Crippen LogP contribution in [0.5, 0.6) is 0 Å². The standard InChI is InChI=1S/C15H17ClN2O/c1-19-12-4-3-11(9-12)18-15-6-7-17-14-5-2-10(16)8-13(14)15/h2,5-8,11-12H,3-4,9H2,1H3,(H,17,18). The summed E-state index contributed by atoms with van der Waals surface area (Å²) in [4.78, 5) is 4.37. The Labute approximate surface area is 117 Å². The van der Waals surface area contributed by atoms with E-state index in [9.17, 15) is 0 Å². The Morgan fingerprint density at radius 2 is 2.21 bits per heavy atom. The van der Waals surface area contributed by atoms with Crippen LogP contribution in [0, 0.1) is 0 Å². The first-order chi connectivity index (χ1) is 9.26. The van der Waals surface area contributed by atoms with Gasteiger partial charge in [-0.1, -0.05) is 11.6 Å². The maximum Gasteiger partial charge on any atom is 0.0723 e. The van der Waals surface area contributed by atoms with E-state index in [0.29, 0.717) is 12.1 Å². The fourth-order valence-corrected chi connectivity index (χ4v) is 2.92. The molecular weight excluding hydrogens is 260 g/mol. The second-order valence-corrected chi connectivity index (χ2v) is 5.47. The first kappa shape index (κ1) is 12.7. The minimum atomic E-state index is 0.384. The molecule has 1 fully saturated rings. The normalized spacial score (nSPS) is 22.8. The van der Waals surface area contributed by atoms with E-state index in [-0.39, 0.29) is 0 Å². The average Bonchev–Trinajstić information content (AvgIpc) is 2.87. The number of nitrogens with one attached hydrogen (secondary N) is 1. The Morgan fingerprint density at radius 1 is 1.32 bits per heavy atom. The molecule has 4 heteroatoms. The summed E-state index contributed by atoms with van der Waals surface area (Å²) >= 11 is 6.08. The summed E-state index contributed by atoms with van der Waals surface area (Å²) in [7, 11) is 1.79. The molecular formula is C15H17ClN2O. The van der Waals surface area contributed by atoms with Crippen molar-refractivity contribution in [1.29, 1.82) is 0 Å². The smallest absolute Gasteiger partial charge is 0.0723 e. The van der Waals surface area contributed by atoms with Crippen LogP contribution in [0.25, 0.3) is 10.9 Å². The largest absolute Gasteiger partial charge is 0.382 e. The van der Waals surface area contributed by atoms with Gasteiger partial charge in [-0.15, -0.1) is 0 Å². The predicted octanol–water partition coefficient (Wildman–Crippen LogP) is 3.87. The van der Waals surface area contributed by atoms with Crippen LogP contribution in [0.2, 0.25) is 5.02 Å². The first-order valence-corrected chi connectivity index (χ1v) is 6.97. The lowest BCUT2D eigenvalue weighted by atomic mass is 10.1. The third-order valence-corrected chi connectivity index (χ3v) is 4.02. The van der Waals surface area contributed by atoms with Crippen molar-refractivity contribution < 1.29 is 4.74 Å². The summed E-state index contributed by atoms with van der Waals surface area (Å²) in [5, 5.41) is 5.42. The summed E-state index contributed by atoms with van der Waals surface area (Å²) < 4.78 is 5.41. The van der Waals surface area contributed by atoms with Gasteiger partial charge in [0.25, 0.3) is 0 Å². The highest BCUT2D eigenvalue weighted by Gasteiger charge is 2.24. The number of nitrogens with zero attached hydrogens (tertiary/aromatic N) is 1. The van der Waals surface area contributed by atoms with Gasteiger partial charge in [0.05, 0.1) is 11.6 Å². The molecule has 3 nitrogen and oxygen atoms in total. The molecule has 1 aliphatic rings. The van der Waals surface area contributed by atoms with Crippen LogP contribution in [0.1, 0.15) is 19.3 Å². The lowest BCUT2D eigenvalue weighted by Crippen LogP contribution is -2.17. The minimum absolute atomic E-state index is 0.384. The number of halogens is 1. The van der Waals surface area contributed by atoms with Gasteiger partial charge < -0.3 is 10.1 Å². The maximum absolute atomic E-state index is 6.08. The Balaban J connectivity index is 1.86. The fraction of sp³-hybridized carbons (Fsp3) is 0.400. The zero-order valence-electron chi connectivity index (χ0n) is 10.9. The van der Waals surface area contributed by atoms with Gasteiger partial charge >= 0.3 is 0 Å². The van der Waals surface area contributed by atoms with Crippen molar-refractivity contribution in [2.45, 2.75) is 31.4 Å². The molecule has 1 saturated carbocycles. The molecule has 2 atom stereocenters.